The molecule has 8 nitrogen and oxygen atoms in total. The third kappa shape index (κ3) is 2.96. The molecule has 1 aliphatic heterocycles. The minimum absolute atomic E-state index is 0.175. The lowest BCUT2D eigenvalue weighted by molar-refractivity contribution is -0.159. The van der Waals surface area contributed by atoms with Crippen molar-refractivity contribution < 1.29 is 39.1 Å². The highest BCUT2D eigenvalue weighted by atomic mass is 16.5. The van der Waals surface area contributed by atoms with Gasteiger partial charge in [0.1, 0.15) is 29.1 Å². The van der Waals surface area contributed by atoms with Crippen molar-refractivity contribution in [2.45, 2.75) is 23.2 Å². The first-order chi connectivity index (χ1) is 16.8. The molecule has 3 N–H and O–H groups in total. The highest BCUT2D eigenvalue weighted by Crippen LogP contribution is 2.70. The van der Waals surface area contributed by atoms with Crippen LogP contribution in [0.3, 0.4) is 0 Å². The maximum atomic E-state index is 12.6. The van der Waals surface area contributed by atoms with Crippen molar-refractivity contribution in [3.8, 4) is 23.0 Å². The number of hydrogen-bond acceptors (Lipinski definition) is 7. The van der Waals surface area contributed by atoms with Gasteiger partial charge in [-0.25, -0.2) is 0 Å². The summed E-state index contributed by atoms with van der Waals surface area (Å²) in [6.45, 7) is 0. The van der Waals surface area contributed by atoms with Gasteiger partial charge in [0.2, 0.25) is 0 Å². The summed E-state index contributed by atoms with van der Waals surface area (Å²) in [4.78, 5) is 12.6. The summed E-state index contributed by atoms with van der Waals surface area (Å²) >= 11 is 0. The molecule has 182 valence electrons. The summed E-state index contributed by atoms with van der Waals surface area (Å²) in [6.07, 6.45) is -1.73. The molecule has 3 aromatic rings. The molecular formula is C27H26O8. The maximum absolute atomic E-state index is 12.6. The van der Waals surface area contributed by atoms with Crippen LogP contribution >= 0.6 is 0 Å². The number of aliphatic carboxylic acids is 1. The Labute approximate surface area is 202 Å². The number of aliphatic hydroxyl groups excluding tert-OH is 1. The van der Waals surface area contributed by atoms with E-state index in [1.807, 2.05) is 6.07 Å². The van der Waals surface area contributed by atoms with E-state index >= 15 is 0 Å². The zero-order chi connectivity index (χ0) is 25.0. The van der Waals surface area contributed by atoms with Gasteiger partial charge in [0.05, 0.1) is 32.8 Å². The van der Waals surface area contributed by atoms with E-state index in [9.17, 15) is 20.1 Å². The first-order valence-electron chi connectivity index (χ1n) is 11.1. The van der Waals surface area contributed by atoms with Crippen molar-refractivity contribution in [1.29, 1.82) is 0 Å². The molecule has 5 rings (SSSR count). The molecule has 0 unspecified atom stereocenters. The first kappa shape index (κ1) is 23.0. The Bertz CT molecular complexity index is 1260. The molecule has 1 fully saturated rings. The Morgan fingerprint density at radius 1 is 0.914 bits per heavy atom. The molecule has 0 spiro atoms. The minimum atomic E-state index is -2.17. The molecule has 8 heteroatoms. The van der Waals surface area contributed by atoms with Crippen molar-refractivity contribution in [3.05, 3.63) is 83.4 Å². The monoisotopic (exact) mass is 478 g/mol. The van der Waals surface area contributed by atoms with Crippen LogP contribution in [0.15, 0.2) is 66.7 Å². The topological polar surface area (TPSA) is 115 Å². The number of ether oxygens (including phenoxy) is 4. The number of benzene rings is 3. The summed E-state index contributed by atoms with van der Waals surface area (Å²) in [7, 11) is 4.46. The van der Waals surface area contributed by atoms with Crippen LogP contribution in [0.5, 0.6) is 23.0 Å². The fourth-order valence-corrected chi connectivity index (χ4v) is 5.78. The number of fused-ring (bicyclic) bond motifs is 3. The van der Waals surface area contributed by atoms with Gasteiger partial charge in [0, 0.05) is 18.1 Å². The van der Waals surface area contributed by atoms with Crippen molar-refractivity contribution in [2.24, 2.45) is 5.92 Å². The average molecular weight is 478 g/mol. The van der Waals surface area contributed by atoms with Crippen LogP contribution in [-0.4, -0.2) is 48.7 Å². The molecule has 0 saturated heterocycles. The number of methoxy groups -OCH3 is 3. The Morgan fingerprint density at radius 3 is 2.14 bits per heavy atom. The van der Waals surface area contributed by atoms with E-state index in [4.69, 9.17) is 18.9 Å². The molecule has 35 heavy (non-hydrogen) atoms. The number of aliphatic hydroxyl groups is 2. The zero-order valence-electron chi connectivity index (χ0n) is 19.5. The molecule has 0 amide bonds. The van der Waals surface area contributed by atoms with Gasteiger partial charge in [-0.3, -0.25) is 4.79 Å². The van der Waals surface area contributed by atoms with Crippen molar-refractivity contribution >= 4 is 5.97 Å². The van der Waals surface area contributed by atoms with Crippen LogP contribution in [-0.2, 0) is 16.0 Å². The summed E-state index contributed by atoms with van der Waals surface area (Å²) in [5.41, 5.74) is -2.61. The quantitative estimate of drug-likeness (QED) is 0.495. The van der Waals surface area contributed by atoms with E-state index in [1.54, 1.807) is 60.7 Å². The summed E-state index contributed by atoms with van der Waals surface area (Å²) < 4.78 is 22.9. The summed E-state index contributed by atoms with van der Waals surface area (Å²) in [5.74, 6) is -2.14. The Kier molecular flexibility index (Phi) is 5.38. The van der Waals surface area contributed by atoms with Gasteiger partial charge in [0.15, 0.2) is 11.2 Å². The van der Waals surface area contributed by atoms with Gasteiger partial charge in [-0.1, -0.05) is 42.5 Å². The van der Waals surface area contributed by atoms with E-state index < -0.39 is 35.1 Å². The van der Waals surface area contributed by atoms with Crippen LogP contribution in [0, 0.1) is 5.92 Å². The van der Waals surface area contributed by atoms with Crippen molar-refractivity contribution in [3.63, 3.8) is 0 Å². The fraction of sp³-hybridized carbons (Fsp3) is 0.296. The Hall–Kier alpha value is -3.75. The van der Waals surface area contributed by atoms with E-state index in [0.29, 0.717) is 22.6 Å². The SMILES string of the molecule is COc1ccc([C@@]23Oc4cc(OC)cc(OC)c4[C@]2(O)[C@@H](O)[C@H](C(=O)O)[C@H]3c2ccccc2)cc1. The number of carboxylic acid groups (broad SMARTS) is 1. The minimum Gasteiger partial charge on any atom is -0.497 e. The molecule has 0 radical (unpaired) electrons. The van der Waals surface area contributed by atoms with Crippen LogP contribution in [0.4, 0.5) is 0 Å². The number of rotatable bonds is 6. The highest BCUT2D eigenvalue weighted by Gasteiger charge is 2.78. The lowest BCUT2D eigenvalue weighted by Crippen LogP contribution is -2.52. The van der Waals surface area contributed by atoms with Gasteiger partial charge in [0.25, 0.3) is 0 Å². The third-order valence-corrected chi connectivity index (χ3v) is 7.24. The Morgan fingerprint density at radius 2 is 1.57 bits per heavy atom. The standard InChI is InChI=1S/C27H26O8/c1-32-17-11-9-16(10-12-17)27-22(15-7-5-4-6-8-15)21(25(29)30)24(28)26(27,31)23-19(34-3)13-18(33-2)14-20(23)35-27/h4-14,21-22,24,28,31H,1-3H3,(H,29,30)/t21-,22-,24+,26+,27+/m1/s1. The zero-order valence-corrected chi connectivity index (χ0v) is 19.5. The molecule has 1 aliphatic carbocycles. The number of carboxylic acids is 1. The number of hydrogen-bond donors (Lipinski definition) is 3. The smallest absolute Gasteiger partial charge is 0.310 e. The Balaban J connectivity index is 1.88. The predicted molar refractivity (Wildman–Crippen MR) is 125 cm³/mol. The highest BCUT2D eigenvalue weighted by molar-refractivity contribution is 5.77. The lowest BCUT2D eigenvalue weighted by atomic mass is 9.70. The van der Waals surface area contributed by atoms with Gasteiger partial charge >= 0.3 is 5.97 Å². The molecule has 0 bridgehead atoms. The largest absolute Gasteiger partial charge is 0.497 e. The molecule has 5 atom stereocenters. The molecule has 3 aromatic carbocycles. The molecule has 1 heterocycles. The average Bonchev–Trinajstić information content (AvgIpc) is 3.26. The van der Waals surface area contributed by atoms with E-state index in [0.717, 1.165) is 0 Å². The van der Waals surface area contributed by atoms with E-state index in [1.165, 1.54) is 21.3 Å². The number of carbonyl (C=O) groups is 1. The molecular weight excluding hydrogens is 452 g/mol. The molecule has 2 aliphatic rings. The van der Waals surface area contributed by atoms with Gasteiger partial charge in [-0.05, 0) is 23.3 Å². The van der Waals surface area contributed by atoms with Crippen LogP contribution < -0.4 is 18.9 Å². The lowest BCUT2D eigenvalue weighted by Gasteiger charge is -2.40. The second-order valence-corrected chi connectivity index (χ2v) is 8.73. The van der Waals surface area contributed by atoms with Crippen molar-refractivity contribution in [2.75, 3.05) is 21.3 Å². The van der Waals surface area contributed by atoms with Gasteiger partial charge in [-0.15, -0.1) is 0 Å². The first-order valence-corrected chi connectivity index (χ1v) is 11.1. The third-order valence-electron chi connectivity index (χ3n) is 7.24. The normalized spacial score (nSPS) is 28.5. The van der Waals surface area contributed by atoms with Crippen LogP contribution in [0.1, 0.15) is 22.6 Å². The predicted octanol–water partition coefficient (Wildman–Crippen LogP) is 3.05. The second-order valence-electron chi connectivity index (χ2n) is 8.73. The molecule has 0 aromatic heterocycles. The summed E-state index contributed by atoms with van der Waals surface area (Å²) in [5, 5.41) is 34.4. The van der Waals surface area contributed by atoms with Crippen molar-refractivity contribution in [1.82, 2.24) is 0 Å². The maximum Gasteiger partial charge on any atom is 0.310 e. The molecule has 1 saturated carbocycles. The second kappa shape index (κ2) is 8.18. The van der Waals surface area contributed by atoms with Gasteiger partial charge < -0.3 is 34.3 Å². The van der Waals surface area contributed by atoms with E-state index in [-0.39, 0.29) is 17.1 Å². The van der Waals surface area contributed by atoms with Crippen LogP contribution in [0.2, 0.25) is 0 Å². The van der Waals surface area contributed by atoms with Crippen LogP contribution in [0.25, 0.3) is 0 Å². The van der Waals surface area contributed by atoms with Gasteiger partial charge in [-0.2, -0.15) is 0 Å². The summed E-state index contributed by atoms with van der Waals surface area (Å²) in [6, 6.07) is 18.9. The fourth-order valence-electron chi connectivity index (χ4n) is 5.78. The van der Waals surface area contributed by atoms with E-state index in [2.05, 4.69) is 0 Å².